The first-order valence-electron chi connectivity index (χ1n) is 10.5. The van der Waals surface area contributed by atoms with Crippen LogP contribution in [0.25, 0.3) is 5.76 Å². The van der Waals surface area contributed by atoms with Crippen molar-refractivity contribution in [2.75, 3.05) is 34.5 Å². The molecule has 0 spiro atoms. The van der Waals surface area contributed by atoms with E-state index in [4.69, 9.17) is 14.2 Å². The van der Waals surface area contributed by atoms with Crippen LogP contribution in [0.2, 0.25) is 0 Å². The smallest absolute Gasteiger partial charge is 0.295 e. The quantitative estimate of drug-likeness (QED) is 0.277. The molecule has 0 aromatic heterocycles. The van der Waals surface area contributed by atoms with Crippen molar-refractivity contribution in [3.8, 4) is 11.5 Å². The van der Waals surface area contributed by atoms with Gasteiger partial charge >= 0.3 is 0 Å². The molecule has 1 aliphatic heterocycles. The second-order valence-corrected chi connectivity index (χ2v) is 7.50. The number of nitrogens with zero attached hydrogens (tertiary/aromatic N) is 1. The maximum absolute atomic E-state index is 13.1. The van der Waals surface area contributed by atoms with Gasteiger partial charge in [-0.25, -0.2) is 0 Å². The molecule has 0 aliphatic carbocycles. The molecule has 0 saturated carbocycles. The average Bonchev–Trinajstić information content (AvgIpc) is 3.08. The summed E-state index contributed by atoms with van der Waals surface area (Å²) in [4.78, 5) is 27.6. The Labute approximate surface area is 188 Å². The van der Waals surface area contributed by atoms with Crippen LogP contribution < -0.4 is 9.47 Å². The molecule has 1 unspecified atom stereocenters. The van der Waals surface area contributed by atoms with Gasteiger partial charge in [0.15, 0.2) is 0 Å². The molecule has 0 radical (unpaired) electrons. The Morgan fingerprint density at radius 2 is 1.75 bits per heavy atom. The number of carbonyl (C=O) groups is 2. The van der Waals surface area contributed by atoms with E-state index in [9.17, 15) is 14.7 Å². The maximum Gasteiger partial charge on any atom is 0.295 e. The third kappa shape index (κ3) is 4.48. The van der Waals surface area contributed by atoms with Crippen LogP contribution in [0.3, 0.4) is 0 Å². The molecule has 1 heterocycles. The highest BCUT2D eigenvalue weighted by Crippen LogP contribution is 2.41. The van der Waals surface area contributed by atoms with Crippen LogP contribution in [0, 0.1) is 0 Å². The van der Waals surface area contributed by atoms with Crippen molar-refractivity contribution in [2.24, 2.45) is 0 Å². The van der Waals surface area contributed by atoms with Gasteiger partial charge < -0.3 is 24.2 Å². The standard InChI is InChI=1S/C25H29NO6/c1-5-16-7-9-17(10-8-16)22-21(24(28)25(29)26(22)13-6-14-30-2)23(27)19-15-18(31-3)11-12-20(19)32-4/h7-12,15,22,27H,5-6,13-14H2,1-4H3/b23-21+. The number of hydrogen-bond acceptors (Lipinski definition) is 6. The van der Waals surface area contributed by atoms with E-state index in [2.05, 4.69) is 6.92 Å². The minimum absolute atomic E-state index is 0.0308. The first-order chi connectivity index (χ1) is 15.5. The molecular weight excluding hydrogens is 410 g/mol. The minimum atomic E-state index is -0.727. The molecule has 7 nitrogen and oxygen atoms in total. The fourth-order valence-corrected chi connectivity index (χ4v) is 3.92. The average molecular weight is 440 g/mol. The van der Waals surface area contributed by atoms with Crippen molar-refractivity contribution in [1.82, 2.24) is 4.90 Å². The number of Topliss-reactive ketones (excluding diaryl/α,β-unsaturated/α-hetero) is 1. The van der Waals surface area contributed by atoms with Gasteiger partial charge in [-0.3, -0.25) is 9.59 Å². The summed E-state index contributed by atoms with van der Waals surface area (Å²) in [6, 6.07) is 11.9. The van der Waals surface area contributed by atoms with E-state index >= 15 is 0 Å². The Morgan fingerprint density at radius 3 is 2.34 bits per heavy atom. The van der Waals surface area contributed by atoms with Gasteiger partial charge in [0.1, 0.15) is 17.3 Å². The largest absolute Gasteiger partial charge is 0.507 e. The number of likely N-dealkylation sites (tertiary alicyclic amines) is 1. The van der Waals surface area contributed by atoms with Gasteiger partial charge in [0.2, 0.25) is 0 Å². The summed E-state index contributed by atoms with van der Waals surface area (Å²) in [7, 11) is 4.57. The number of aliphatic hydroxyl groups excluding tert-OH is 1. The van der Waals surface area contributed by atoms with Crippen molar-refractivity contribution in [3.63, 3.8) is 0 Å². The number of ether oxygens (including phenoxy) is 3. The van der Waals surface area contributed by atoms with Crippen LogP contribution in [0.5, 0.6) is 11.5 Å². The number of aryl methyl sites for hydroxylation is 1. The lowest BCUT2D eigenvalue weighted by atomic mass is 9.94. The number of carbonyl (C=O) groups excluding carboxylic acids is 2. The maximum atomic E-state index is 13.1. The van der Waals surface area contributed by atoms with Crippen molar-refractivity contribution >= 4 is 17.4 Å². The summed E-state index contributed by atoms with van der Waals surface area (Å²) >= 11 is 0. The van der Waals surface area contributed by atoms with Crippen LogP contribution >= 0.6 is 0 Å². The highest BCUT2D eigenvalue weighted by atomic mass is 16.5. The van der Waals surface area contributed by atoms with Gasteiger partial charge in [0.25, 0.3) is 11.7 Å². The van der Waals surface area contributed by atoms with E-state index in [1.165, 1.54) is 19.1 Å². The third-order valence-corrected chi connectivity index (χ3v) is 5.65. The molecule has 1 N–H and O–H groups in total. The summed E-state index contributed by atoms with van der Waals surface area (Å²) in [5.41, 5.74) is 2.21. The molecule has 1 fully saturated rings. The number of aliphatic hydroxyl groups is 1. The number of benzene rings is 2. The fourth-order valence-electron chi connectivity index (χ4n) is 3.92. The van der Waals surface area contributed by atoms with Crippen molar-refractivity contribution < 1.29 is 28.9 Å². The van der Waals surface area contributed by atoms with Gasteiger partial charge in [-0.1, -0.05) is 31.2 Å². The zero-order chi connectivity index (χ0) is 23.3. The monoisotopic (exact) mass is 439 g/mol. The Bertz CT molecular complexity index is 1010. The van der Waals surface area contributed by atoms with E-state index in [1.54, 1.807) is 25.3 Å². The van der Waals surface area contributed by atoms with Gasteiger partial charge in [-0.2, -0.15) is 0 Å². The predicted octanol–water partition coefficient (Wildman–Crippen LogP) is 3.72. The Balaban J connectivity index is 2.18. The number of hydrogen-bond donors (Lipinski definition) is 1. The molecule has 1 atom stereocenters. The van der Waals surface area contributed by atoms with Gasteiger partial charge in [0.05, 0.1) is 31.4 Å². The highest BCUT2D eigenvalue weighted by Gasteiger charge is 2.46. The van der Waals surface area contributed by atoms with Crippen LogP contribution in [0.1, 0.15) is 36.1 Å². The molecule has 1 saturated heterocycles. The Morgan fingerprint density at radius 1 is 1.03 bits per heavy atom. The SMILES string of the molecule is CCc1ccc(C2/C(=C(\O)c3cc(OC)ccc3OC)C(=O)C(=O)N2CCCOC)cc1. The zero-order valence-corrected chi connectivity index (χ0v) is 18.9. The molecule has 0 bridgehead atoms. The lowest BCUT2D eigenvalue weighted by molar-refractivity contribution is -0.140. The summed E-state index contributed by atoms with van der Waals surface area (Å²) in [5.74, 6) is -0.805. The molecule has 2 aromatic carbocycles. The predicted molar refractivity (Wildman–Crippen MR) is 121 cm³/mol. The second kappa shape index (κ2) is 10.3. The van der Waals surface area contributed by atoms with E-state index in [0.717, 1.165) is 17.5 Å². The molecule has 2 aromatic rings. The van der Waals surface area contributed by atoms with Crippen LogP contribution in [0.4, 0.5) is 0 Å². The van der Waals surface area contributed by atoms with Gasteiger partial charge in [-0.05, 0) is 42.2 Å². The number of ketones is 1. The normalized spacial score (nSPS) is 17.6. The van der Waals surface area contributed by atoms with E-state index in [0.29, 0.717) is 31.1 Å². The minimum Gasteiger partial charge on any atom is -0.507 e. The molecule has 170 valence electrons. The highest BCUT2D eigenvalue weighted by molar-refractivity contribution is 6.46. The molecule has 1 amide bonds. The first kappa shape index (κ1) is 23.3. The van der Waals surface area contributed by atoms with Gasteiger partial charge in [-0.15, -0.1) is 0 Å². The first-order valence-corrected chi connectivity index (χ1v) is 10.5. The summed E-state index contributed by atoms with van der Waals surface area (Å²) in [6.45, 7) is 2.83. The molecule has 7 heteroatoms. The lowest BCUT2D eigenvalue weighted by Crippen LogP contribution is -2.31. The van der Waals surface area contributed by atoms with Crippen LogP contribution in [0.15, 0.2) is 48.0 Å². The fraction of sp³-hybridized carbons (Fsp3) is 0.360. The number of methoxy groups -OCH3 is 3. The second-order valence-electron chi connectivity index (χ2n) is 7.50. The number of amides is 1. The summed E-state index contributed by atoms with van der Waals surface area (Å²) in [5, 5.41) is 11.3. The van der Waals surface area contributed by atoms with Crippen LogP contribution in [-0.4, -0.2) is 56.2 Å². The molecule has 3 rings (SSSR count). The van der Waals surface area contributed by atoms with Gasteiger partial charge in [0, 0.05) is 20.3 Å². The zero-order valence-electron chi connectivity index (χ0n) is 18.9. The molecule has 1 aliphatic rings. The topological polar surface area (TPSA) is 85.3 Å². The lowest BCUT2D eigenvalue weighted by Gasteiger charge is -2.25. The van der Waals surface area contributed by atoms with Crippen molar-refractivity contribution in [1.29, 1.82) is 0 Å². The molecule has 32 heavy (non-hydrogen) atoms. The van der Waals surface area contributed by atoms with Crippen molar-refractivity contribution in [3.05, 3.63) is 64.7 Å². The summed E-state index contributed by atoms with van der Waals surface area (Å²) in [6.07, 6.45) is 1.44. The van der Waals surface area contributed by atoms with E-state index in [1.807, 2.05) is 24.3 Å². The van der Waals surface area contributed by atoms with Crippen LogP contribution in [-0.2, 0) is 20.7 Å². The summed E-state index contributed by atoms with van der Waals surface area (Å²) < 4.78 is 15.8. The Kier molecular flexibility index (Phi) is 7.53. The van der Waals surface area contributed by atoms with Crippen molar-refractivity contribution in [2.45, 2.75) is 25.8 Å². The number of rotatable bonds is 9. The third-order valence-electron chi connectivity index (χ3n) is 5.65. The van der Waals surface area contributed by atoms with E-state index < -0.39 is 17.7 Å². The Hall–Kier alpha value is -3.32. The van der Waals surface area contributed by atoms with E-state index in [-0.39, 0.29) is 16.9 Å². The molecular formula is C25H29NO6.